The summed E-state index contributed by atoms with van der Waals surface area (Å²) < 4.78 is 0. The summed E-state index contributed by atoms with van der Waals surface area (Å²) in [7, 11) is 2.01. The van der Waals surface area contributed by atoms with Crippen LogP contribution in [0, 0.1) is 0 Å². The van der Waals surface area contributed by atoms with Crippen LogP contribution in [0.25, 0.3) is 0 Å². The molecule has 3 rings (SSSR count). The molecule has 0 radical (unpaired) electrons. The van der Waals surface area contributed by atoms with Gasteiger partial charge in [-0.15, -0.1) is 0 Å². The summed E-state index contributed by atoms with van der Waals surface area (Å²) in [5.41, 5.74) is 2.91. The fraction of sp³-hybridized carbons (Fsp3) is 0.294. The van der Waals surface area contributed by atoms with Gasteiger partial charge in [0.15, 0.2) is 23.0 Å². The predicted octanol–water partition coefficient (Wildman–Crippen LogP) is 2.28. The molecule has 1 aliphatic rings. The maximum Gasteiger partial charge on any atom is 0.157 e. The molecular formula is C17H19NO4. The maximum atomic E-state index is 9.78. The van der Waals surface area contributed by atoms with Crippen LogP contribution in [0.3, 0.4) is 0 Å². The molecule has 0 amide bonds. The molecule has 0 spiro atoms. The molecule has 2 aromatic rings. The molecule has 5 nitrogen and oxygen atoms in total. The number of aromatic hydroxyl groups is 4. The molecule has 0 aliphatic carbocycles. The first-order chi connectivity index (χ1) is 10.5. The Balaban J connectivity index is 1.96. The van der Waals surface area contributed by atoms with Crippen molar-refractivity contribution in [3.05, 3.63) is 47.0 Å². The first-order valence-electron chi connectivity index (χ1n) is 7.21. The van der Waals surface area contributed by atoms with Gasteiger partial charge in [0, 0.05) is 12.6 Å². The summed E-state index contributed by atoms with van der Waals surface area (Å²) in [4.78, 5) is 2.18. The molecule has 0 fully saturated rings. The van der Waals surface area contributed by atoms with E-state index in [9.17, 15) is 20.4 Å². The van der Waals surface area contributed by atoms with E-state index in [1.807, 2.05) is 7.05 Å². The second-order valence-electron chi connectivity index (χ2n) is 5.81. The van der Waals surface area contributed by atoms with Crippen molar-refractivity contribution in [1.82, 2.24) is 4.90 Å². The highest BCUT2D eigenvalue weighted by molar-refractivity contribution is 5.48. The first kappa shape index (κ1) is 14.5. The largest absolute Gasteiger partial charge is 0.504 e. The standard InChI is InChI=1S/C17H19NO4/c1-18-5-4-11-8-16(21)17(22)9-12(11)13(18)6-10-2-3-14(19)15(20)7-10/h2-3,7-9,13,19-22H,4-6H2,1H3/t13-/m1/s1. The Bertz CT molecular complexity index is 714. The van der Waals surface area contributed by atoms with Crippen LogP contribution in [0.1, 0.15) is 22.7 Å². The number of phenolic OH excluding ortho intramolecular Hbond substituents is 4. The minimum atomic E-state index is -0.135. The van der Waals surface area contributed by atoms with Crippen LogP contribution in [0.5, 0.6) is 23.0 Å². The molecule has 1 atom stereocenters. The normalized spacial score (nSPS) is 18.1. The van der Waals surface area contributed by atoms with E-state index in [0.717, 1.165) is 29.7 Å². The Morgan fingerprint density at radius 2 is 1.64 bits per heavy atom. The quantitative estimate of drug-likeness (QED) is 0.640. The van der Waals surface area contributed by atoms with Crippen molar-refractivity contribution < 1.29 is 20.4 Å². The van der Waals surface area contributed by atoms with Gasteiger partial charge in [-0.3, -0.25) is 4.90 Å². The van der Waals surface area contributed by atoms with Gasteiger partial charge in [0.25, 0.3) is 0 Å². The molecule has 0 saturated carbocycles. The summed E-state index contributed by atoms with van der Waals surface area (Å²) >= 11 is 0. The molecule has 5 heteroatoms. The van der Waals surface area contributed by atoms with Crippen LogP contribution in [0.2, 0.25) is 0 Å². The Morgan fingerprint density at radius 3 is 2.36 bits per heavy atom. The summed E-state index contributed by atoms with van der Waals surface area (Å²) in [5, 5.41) is 38.5. The number of nitrogens with zero attached hydrogens (tertiary/aromatic N) is 1. The van der Waals surface area contributed by atoms with Crippen LogP contribution in [-0.4, -0.2) is 38.9 Å². The van der Waals surface area contributed by atoms with Gasteiger partial charge in [-0.2, -0.15) is 0 Å². The second-order valence-corrected chi connectivity index (χ2v) is 5.81. The molecule has 1 aliphatic heterocycles. The van der Waals surface area contributed by atoms with Gasteiger partial charge >= 0.3 is 0 Å². The monoisotopic (exact) mass is 301 g/mol. The lowest BCUT2D eigenvalue weighted by molar-refractivity contribution is 0.228. The molecule has 0 saturated heterocycles. The third-order valence-electron chi connectivity index (χ3n) is 4.33. The van der Waals surface area contributed by atoms with E-state index in [-0.39, 0.29) is 29.0 Å². The van der Waals surface area contributed by atoms with Gasteiger partial charge in [-0.1, -0.05) is 6.07 Å². The van der Waals surface area contributed by atoms with Crippen molar-refractivity contribution in [3.63, 3.8) is 0 Å². The Hall–Kier alpha value is -2.40. The zero-order valence-corrected chi connectivity index (χ0v) is 12.3. The summed E-state index contributed by atoms with van der Waals surface area (Å²) in [6, 6.07) is 8.08. The van der Waals surface area contributed by atoms with Gasteiger partial charge in [0.1, 0.15) is 0 Å². The van der Waals surface area contributed by atoms with E-state index in [1.165, 1.54) is 6.07 Å². The lowest BCUT2D eigenvalue weighted by atomic mass is 9.88. The topological polar surface area (TPSA) is 84.2 Å². The van der Waals surface area contributed by atoms with Crippen LogP contribution < -0.4 is 0 Å². The van der Waals surface area contributed by atoms with Crippen LogP contribution in [0.15, 0.2) is 30.3 Å². The van der Waals surface area contributed by atoms with E-state index < -0.39 is 0 Å². The van der Waals surface area contributed by atoms with Crippen LogP contribution in [0.4, 0.5) is 0 Å². The molecule has 4 N–H and O–H groups in total. The third-order valence-corrected chi connectivity index (χ3v) is 4.33. The van der Waals surface area contributed by atoms with Crippen LogP contribution in [-0.2, 0) is 12.8 Å². The van der Waals surface area contributed by atoms with Gasteiger partial charge < -0.3 is 20.4 Å². The molecule has 0 aromatic heterocycles. The molecule has 2 aromatic carbocycles. The van der Waals surface area contributed by atoms with E-state index in [0.29, 0.717) is 6.42 Å². The lowest BCUT2D eigenvalue weighted by Crippen LogP contribution is -2.33. The Labute approximate surface area is 128 Å². The Kier molecular flexibility index (Phi) is 3.58. The molecule has 0 bridgehead atoms. The van der Waals surface area contributed by atoms with Crippen molar-refractivity contribution in [2.45, 2.75) is 18.9 Å². The minimum absolute atomic E-state index is 0.0409. The first-order valence-corrected chi connectivity index (χ1v) is 7.21. The predicted molar refractivity (Wildman–Crippen MR) is 82.3 cm³/mol. The fourth-order valence-corrected chi connectivity index (χ4v) is 3.04. The number of likely N-dealkylation sites (N-methyl/N-ethyl adjacent to an activating group) is 1. The number of hydrogen-bond donors (Lipinski definition) is 4. The molecule has 0 unspecified atom stereocenters. The van der Waals surface area contributed by atoms with Gasteiger partial charge in [0.05, 0.1) is 0 Å². The average Bonchev–Trinajstić information content (AvgIpc) is 2.48. The van der Waals surface area contributed by atoms with E-state index in [1.54, 1.807) is 24.3 Å². The van der Waals surface area contributed by atoms with Crippen molar-refractivity contribution in [3.8, 4) is 23.0 Å². The summed E-state index contributed by atoms with van der Waals surface area (Å²) in [6.45, 7) is 0.853. The van der Waals surface area contributed by atoms with Gasteiger partial charge in [-0.05, 0) is 60.8 Å². The number of fused-ring (bicyclic) bond motifs is 1. The Morgan fingerprint density at radius 1 is 0.955 bits per heavy atom. The van der Waals surface area contributed by atoms with Crippen LogP contribution >= 0.6 is 0 Å². The van der Waals surface area contributed by atoms with E-state index in [4.69, 9.17) is 0 Å². The number of phenols is 4. The summed E-state index contributed by atoms with van der Waals surface area (Å²) in [5.74, 6) is -0.481. The fourth-order valence-electron chi connectivity index (χ4n) is 3.04. The van der Waals surface area contributed by atoms with Crippen molar-refractivity contribution >= 4 is 0 Å². The minimum Gasteiger partial charge on any atom is -0.504 e. The van der Waals surface area contributed by atoms with Gasteiger partial charge in [-0.25, -0.2) is 0 Å². The van der Waals surface area contributed by atoms with Crippen molar-refractivity contribution in [1.29, 1.82) is 0 Å². The summed E-state index contributed by atoms with van der Waals surface area (Å²) in [6.07, 6.45) is 1.46. The molecule has 22 heavy (non-hydrogen) atoms. The number of benzene rings is 2. The van der Waals surface area contributed by atoms with Crippen molar-refractivity contribution in [2.24, 2.45) is 0 Å². The van der Waals surface area contributed by atoms with E-state index in [2.05, 4.69) is 4.90 Å². The SMILES string of the molecule is CN1CCc2cc(O)c(O)cc2[C@H]1Cc1ccc(O)c(O)c1. The third kappa shape index (κ3) is 2.55. The molecule has 1 heterocycles. The highest BCUT2D eigenvalue weighted by atomic mass is 16.3. The zero-order chi connectivity index (χ0) is 15.9. The van der Waals surface area contributed by atoms with E-state index >= 15 is 0 Å². The van der Waals surface area contributed by atoms with Crippen molar-refractivity contribution in [2.75, 3.05) is 13.6 Å². The number of rotatable bonds is 2. The highest BCUT2D eigenvalue weighted by Gasteiger charge is 2.26. The second kappa shape index (κ2) is 5.42. The molecular weight excluding hydrogens is 282 g/mol. The maximum absolute atomic E-state index is 9.78. The number of hydrogen-bond acceptors (Lipinski definition) is 5. The lowest BCUT2D eigenvalue weighted by Gasteiger charge is -2.35. The van der Waals surface area contributed by atoms with Gasteiger partial charge in [0.2, 0.25) is 0 Å². The average molecular weight is 301 g/mol. The smallest absolute Gasteiger partial charge is 0.157 e. The molecule has 116 valence electrons. The zero-order valence-electron chi connectivity index (χ0n) is 12.3. The highest BCUT2D eigenvalue weighted by Crippen LogP contribution is 2.38.